The van der Waals surface area contributed by atoms with E-state index < -0.39 is 32.7 Å². The molecule has 7 nitrogen and oxygen atoms in total. The van der Waals surface area contributed by atoms with E-state index in [4.69, 9.17) is 8.92 Å². The Balaban J connectivity index is 2.10. The molecule has 0 saturated carbocycles. The zero-order valence-corrected chi connectivity index (χ0v) is 20.5. The number of amides is 1. The van der Waals surface area contributed by atoms with Gasteiger partial charge in [-0.15, -0.1) is 0 Å². The Bertz CT molecular complexity index is 1110. The highest BCUT2D eigenvalue weighted by molar-refractivity contribution is 7.87. The zero-order valence-electron chi connectivity index (χ0n) is 19.7. The molecule has 0 radical (unpaired) electrons. The smallest absolute Gasteiger partial charge is 0.416 e. The third-order valence-electron chi connectivity index (χ3n) is 4.74. The standard InChI is InChI=1S/C24H28F3NO6S/c1-4-33-23(30)13-12-22(29)28(15-17(2)3)16-18-8-10-20(11-9-18)34-35(31,32)21-7-5-6-19(14-21)24(25,26)27/h5-11,14,17H,4,12-13,15-16H2,1-3H3. The summed E-state index contributed by atoms with van der Waals surface area (Å²) in [4.78, 5) is 25.2. The normalized spacial score (nSPS) is 11.9. The maximum atomic E-state index is 12.9. The first-order chi connectivity index (χ1) is 16.3. The number of ether oxygens (including phenoxy) is 1. The molecule has 2 aromatic carbocycles. The lowest BCUT2D eigenvalue weighted by molar-refractivity contribution is -0.146. The van der Waals surface area contributed by atoms with Gasteiger partial charge in [0.05, 0.1) is 18.6 Å². The summed E-state index contributed by atoms with van der Waals surface area (Å²) in [5.74, 6) is -0.593. The molecular formula is C24H28F3NO6S. The molecule has 2 aromatic rings. The van der Waals surface area contributed by atoms with Crippen LogP contribution in [0.25, 0.3) is 0 Å². The SMILES string of the molecule is CCOC(=O)CCC(=O)N(Cc1ccc(OS(=O)(=O)c2cccc(C(F)(F)F)c2)cc1)CC(C)C. The molecule has 0 atom stereocenters. The molecule has 11 heteroatoms. The molecule has 0 heterocycles. The van der Waals surface area contributed by atoms with Gasteiger partial charge in [-0.3, -0.25) is 9.59 Å². The van der Waals surface area contributed by atoms with Gasteiger partial charge < -0.3 is 13.8 Å². The number of rotatable bonds is 11. The summed E-state index contributed by atoms with van der Waals surface area (Å²) >= 11 is 0. The number of carbonyl (C=O) groups excluding carboxylic acids is 2. The fourth-order valence-electron chi connectivity index (χ4n) is 3.17. The maximum absolute atomic E-state index is 12.9. The Morgan fingerprint density at radius 2 is 1.69 bits per heavy atom. The summed E-state index contributed by atoms with van der Waals surface area (Å²) in [6.45, 7) is 6.48. The van der Waals surface area contributed by atoms with Gasteiger partial charge in [0.15, 0.2) is 0 Å². The molecule has 35 heavy (non-hydrogen) atoms. The van der Waals surface area contributed by atoms with Crippen LogP contribution in [-0.2, 0) is 37.2 Å². The fourth-order valence-corrected chi connectivity index (χ4v) is 4.15. The summed E-state index contributed by atoms with van der Waals surface area (Å²) in [5.41, 5.74) is -0.422. The van der Waals surface area contributed by atoms with Crippen LogP contribution in [0.1, 0.15) is 44.7 Å². The minimum absolute atomic E-state index is 0.00197. The van der Waals surface area contributed by atoms with E-state index in [1.165, 1.54) is 12.1 Å². The van der Waals surface area contributed by atoms with Crippen LogP contribution < -0.4 is 4.18 Å². The number of carbonyl (C=O) groups is 2. The first kappa shape index (κ1) is 28.2. The highest BCUT2D eigenvalue weighted by atomic mass is 32.2. The van der Waals surface area contributed by atoms with Gasteiger partial charge >= 0.3 is 22.3 Å². The van der Waals surface area contributed by atoms with Crippen LogP contribution in [-0.4, -0.2) is 38.3 Å². The number of hydrogen-bond donors (Lipinski definition) is 0. The quantitative estimate of drug-likeness (QED) is 0.316. The summed E-state index contributed by atoms with van der Waals surface area (Å²) in [7, 11) is -4.49. The highest BCUT2D eigenvalue weighted by Crippen LogP contribution is 2.31. The Morgan fingerprint density at radius 3 is 2.26 bits per heavy atom. The number of nitrogens with zero attached hydrogens (tertiary/aromatic N) is 1. The van der Waals surface area contributed by atoms with Crippen molar-refractivity contribution in [3.63, 3.8) is 0 Å². The van der Waals surface area contributed by atoms with Gasteiger partial charge in [0.2, 0.25) is 5.91 Å². The molecule has 2 rings (SSSR count). The van der Waals surface area contributed by atoms with Gasteiger partial charge in [-0.1, -0.05) is 32.0 Å². The molecule has 1 amide bonds. The van der Waals surface area contributed by atoms with Gasteiger partial charge in [0.25, 0.3) is 0 Å². The predicted molar refractivity (Wildman–Crippen MR) is 122 cm³/mol. The Labute approximate surface area is 203 Å². The van der Waals surface area contributed by atoms with E-state index in [9.17, 15) is 31.2 Å². The third kappa shape index (κ3) is 8.89. The second-order valence-corrected chi connectivity index (χ2v) is 9.73. The largest absolute Gasteiger partial charge is 0.466 e. The third-order valence-corrected chi connectivity index (χ3v) is 5.98. The van der Waals surface area contributed by atoms with Crippen molar-refractivity contribution in [2.45, 2.75) is 51.2 Å². The van der Waals surface area contributed by atoms with Gasteiger partial charge in [-0.25, -0.2) is 0 Å². The van der Waals surface area contributed by atoms with E-state index in [1.54, 1.807) is 24.0 Å². The first-order valence-corrected chi connectivity index (χ1v) is 12.4. The van der Waals surface area contributed by atoms with Crippen molar-refractivity contribution >= 4 is 22.0 Å². The van der Waals surface area contributed by atoms with Crippen LogP contribution in [0.3, 0.4) is 0 Å². The topological polar surface area (TPSA) is 90.0 Å². The van der Waals surface area contributed by atoms with Crippen LogP contribution in [0.2, 0.25) is 0 Å². The van der Waals surface area contributed by atoms with Crippen LogP contribution in [0.4, 0.5) is 13.2 Å². The molecular weight excluding hydrogens is 487 g/mol. The summed E-state index contributed by atoms with van der Waals surface area (Å²) in [6.07, 6.45) is -4.72. The van der Waals surface area contributed by atoms with E-state index in [0.29, 0.717) is 18.2 Å². The molecule has 0 aromatic heterocycles. The van der Waals surface area contributed by atoms with Gasteiger partial charge in [-0.05, 0) is 48.7 Å². The summed E-state index contributed by atoms with van der Waals surface area (Å²) in [5, 5.41) is 0. The van der Waals surface area contributed by atoms with Crippen molar-refractivity contribution in [2.24, 2.45) is 5.92 Å². The molecule has 0 aliphatic heterocycles. The molecule has 0 saturated heterocycles. The van der Waals surface area contributed by atoms with E-state index >= 15 is 0 Å². The lowest BCUT2D eigenvalue weighted by atomic mass is 10.1. The van der Waals surface area contributed by atoms with E-state index in [2.05, 4.69) is 0 Å². The minimum Gasteiger partial charge on any atom is -0.466 e. The molecule has 0 fully saturated rings. The number of hydrogen-bond acceptors (Lipinski definition) is 6. The number of halogens is 3. The lowest BCUT2D eigenvalue weighted by Gasteiger charge is -2.25. The molecule has 0 spiro atoms. The first-order valence-electron chi connectivity index (χ1n) is 11.0. The Hall–Kier alpha value is -3.08. The number of esters is 1. The molecule has 0 bridgehead atoms. The zero-order chi connectivity index (χ0) is 26.2. The van der Waals surface area contributed by atoms with Crippen LogP contribution >= 0.6 is 0 Å². The fraction of sp³-hybridized carbons (Fsp3) is 0.417. The Kier molecular flexibility index (Phi) is 9.70. The van der Waals surface area contributed by atoms with Crippen LogP contribution in [0.5, 0.6) is 5.75 Å². The van der Waals surface area contributed by atoms with Crippen molar-refractivity contribution in [3.8, 4) is 5.75 Å². The van der Waals surface area contributed by atoms with Crippen LogP contribution in [0, 0.1) is 5.92 Å². The van der Waals surface area contributed by atoms with E-state index in [-0.39, 0.29) is 43.6 Å². The maximum Gasteiger partial charge on any atom is 0.416 e. The minimum atomic E-state index is -4.69. The highest BCUT2D eigenvalue weighted by Gasteiger charge is 2.32. The second kappa shape index (κ2) is 12.1. The molecule has 0 aliphatic rings. The second-order valence-electron chi connectivity index (χ2n) is 8.18. The van der Waals surface area contributed by atoms with E-state index in [0.717, 1.165) is 18.2 Å². The van der Waals surface area contributed by atoms with Crippen molar-refractivity contribution in [2.75, 3.05) is 13.2 Å². The predicted octanol–water partition coefficient (Wildman–Crippen LogP) is 4.80. The molecule has 0 unspecified atom stereocenters. The Morgan fingerprint density at radius 1 is 1.03 bits per heavy atom. The average molecular weight is 516 g/mol. The summed E-state index contributed by atoms with van der Waals surface area (Å²) < 4.78 is 73.4. The molecule has 0 N–H and O–H groups in total. The lowest BCUT2D eigenvalue weighted by Crippen LogP contribution is -2.34. The van der Waals surface area contributed by atoms with Crippen molar-refractivity contribution < 1.29 is 40.1 Å². The number of alkyl halides is 3. The van der Waals surface area contributed by atoms with Gasteiger partial charge in [0, 0.05) is 19.5 Å². The van der Waals surface area contributed by atoms with Gasteiger partial charge in [0.1, 0.15) is 10.6 Å². The van der Waals surface area contributed by atoms with Crippen molar-refractivity contribution in [1.82, 2.24) is 4.90 Å². The molecule has 0 aliphatic carbocycles. The van der Waals surface area contributed by atoms with Gasteiger partial charge in [-0.2, -0.15) is 21.6 Å². The monoisotopic (exact) mass is 515 g/mol. The van der Waals surface area contributed by atoms with Crippen molar-refractivity contribution in [3.05, 3.63) is 59.7 Å². The van der Waals surface area contributed by atoms with Crippen LogP contribution in [0.15, 0.2) is 53.4 Å². The van der Waals surface area contributed by atoms with E-state index in [1.807, 2.05) is 13.8 Å². The summed E-state index contributed by atoms with van der Waals surface area (Å²) in [6, 6.07) is 9.12. The molecule has 192 valence electrons. The van der Waals surface area contributed by atoms with Crippen molar-refractivity contribution in [1.29, 1.82) is 0 Å². The number of benzene rings is 2. The average Bonchev–Trinajstić information content (AvgIpc) is 2.77.